The number of carbonyl (C=O) groups excluding carboxylic acids is 2. The third-order valence-corrected chi connectivity index (χ3v) is 16.6. The van der Waals surface area contributed by atoms with Crippen LogP contribution in [-0.4, -0.2) is 47.4 Å². The topological polar surface area (TPSA) is 95.9 Å². The Bertz CT molecular complexity index is 1140. The van der Waals surface area contributed by atoms with Gasteiger partial charge in [0.2, 0.25) is 5.91 Å². The minimum Gasteiger partial charge on any atom is -0.466 e. The Labute approximate surface area is 476 Å². The van der Waals surface area contributed by atoms with Gasteiger partial charge in [-0.15, -0.1) is 0 Å². The molecule has 0 heterocycles. The lowest BCUT2D eigenvalue weighted by Crippen LogP contribution is -2.45. The lowest BCUT2D eigenvalue weighted by molar-refractivity contribution is -0.143. The van der Waals surface area contributed by atoms with Gasteiger partial charge in [-0.25, -0.2) is 0 Å². The van der Waals surface area contributed by atoms with Crippen LogP contribution in [0.5, 0.6) is 0 Å². The summed E-state index contributed by atoms with van der Waals surface area (Å²) >= 11 is 0. The van der Waals surface area contributed by atoms with Crippen molar-refractivity contribution < 1.29 is 24.5 Å². The minimum absolute atomic E-state index is 0.00596. The molecule has 3 N–H and O–H groups in total. The molecule has 0 spiro atoms. The van der Waals surface area contributed by atoms with Gasteiger partial charge in [0.1, 0.15) is 0 Å². The van der Waals surface area contributed by atoms with Crippen molar-refractivity contribution in [3.8, 4) is 0 Å². The van der Waals surface area contributed by atoms with Crippen molar-refractivity contribution in [1.82, 2.24) is 5.32 Å². The maximum atomic E-state index is 12.5. The quantitative estimate of drug-likeness (QED) is 0.0320. The third kappa shape index (κ3) is 61.8. The molecule has 6 nitrogen and oxygen atoms in total. The van der Waals surface area contributed by atoms with Gasteiger partial charge in [-0.05, 0) is 51.4 Å². The van der Waals surface area contributed by atoms with Gasteiger partial charge in [-0.3, -0.25) is 9.59 Å². The molecular formula is C70H137NO5. The number of esters is 1. The summed E-state index contributed by atoms with van der Waals surface area (Å²) in [7, 11) is 0. The van der Waals surface area contributed by atoms with E-state index in [4.69, 9.17) is 4.74 Å². The molecule has 0 saturated carbocycles. The molecule has 0 bridgehead atoms. The molecule has 0 aliphatic carbocycles. The summed E-state index contributed by atoms with van der Waals surface area (Å²) in [6.45, 7) is 4.99. The summed E-state index contributed by atoms with van der Waals surface area (Å²) in [6, 6.07) is -0.543. The maximum absolute atomic E-state index is 12.5. The number of aliphatic hydroxyl groups excluding tert-OH is 2. The molecule has 0 radical (unpaired) electrons. The molecule has 0 aliphatic rings. The zero-order chi connectivity index (χ0) is 55.0. The Balaban J connectivity index is 3.38. The van der Waals surface area contributed by atoms with Crippen LogP contribution in [0.25, 0.3) is 0 Å². The predicted octanol–water partition coefficient (Wildman–Crippen LogP) is 22.4. The average molecular weight is 1070 g/mol. The number of ether oxygens (including phenoxy) is 1. The van der Waals surface area contributed by atoms with Crippen molar-refractivity contribution in [2.24, 2.45) is 0 Å². The largest absolute Gasteiger partial charge is 0.466 e. The number of carbonyl (C=O) groups is 2. The molecule has 0 aromatic carbocycles. The van der Waals surface area contributed by atoms with Crippen LogP contribution in [-0.2, 0) is 14.3 Å². The van der Waals surface area contributed by atoms with Crippen molar-refractivity contribution >= 4 is 11.9 Å². The Kier molecular flexibility index (Phi) is 64.9. The second-order valence-electron chi connectivity index (χ2n) is 24.2. The zero-order valence-corrected chi connectivity index (χ0v) is 51.8. The number of unbranched alkanes of at least 4 members (excludes halogenated alkanes) is 53. The van der Waals surface area contributed by atoms with Crippen molar-refractivity contribution in [1.29, 1.82) is 0 Å². The minimum atomic E-state index is -0.666. The van der Waals surface area contributed by atoms with E-state index in [2.05, 4.69) is 31.3 Å². The van der Waals surface area contributed by atoms with E-state index < -0.39 is 12.1 Å². The number of rotatable bonds is 66. The molecule has 1 amide bonds. The molecule has 0 aliphatic heterocycles. The summed E-state index contributed by atoms with van der Waals surface area (Å²) in [5.41, 5.74) is 0. The van der Waals surface area contributed by atoms with Crippen molar-refractivity contribution in [2.75, 3.05) is 13.2 Å². The summed E-state index contributed by atoms with van der Waals surface area (Å²) in [6.07, 6.45) is 81.0. The van der Waals surface area contributed by atoms with Crippen LogP contribution in [0.4, 0.5) is 0 Å². The normalized spacial score (nSPS) is 12.5. The van der Waals surface area contributed by atoms with Crippen molar-refractivity contribution in [3.05, 3.63) is 12.2 Å². The first-order chi connectivity index (χ1) is 37.5. The summed E-state index contributed by atoms with van der Waals surface area (Å²) < 4.78 is 5.49. The Hall–Kier alpha value is -1.40. The molecule has 452 valence electrons. The molecule has 0 saturated heterocycles. The number of hydrogen-bond acceptors (Lipinski definition) is 5. The molecule has 0 rings (SSSR count). The number of aliphatic hydroxyl groups is 2. The highest BCUT2D eigenvalue weighted by Gasteiger charge is 2.20. The molecule has 2 atom stereocenters. The molecule has 76 heavy (non-hydrogen) atoms. The third-order valence-electron chi connectivity index (χ3n) is 16.6. The first-order valence-electron chi connectivity index (χ1n) is 34.9. The molecular weight excluding hydrogens is 935 g/mol. The highest BCUT2D eigenvalue weighted by Crippen LogP contribution is 2.19. The number of amides is 1. The highest BCUT2D eigenvalue weighted by atomic mass is 16.5. The fraction of sp³-hybridized carbons (Fsp3) is 0.943. The second-order valence-corrected chi connectivity index (χ2v) is 24.2. The van der Waals surface area contributed by atoms with Gasteiger partial charge >= 0.3 is 5.97 Å². The summed E-state index contributed by atoms with van der Waals surface area (Å²) in [5.74, 6) is -0.0251. The van der Waals surface area contributed by atoms with E-state index in [1.54, 1.807) is 0 Å². The molecule has 0 aromatic rings. The fourth-order valence-electron chi connectivity index (χ4n) is 11.2. The standard InChI is InChI=1S/C70H137NO5/c1-3-5-7-9-11-13-15-17-19-21-22-23-25-28-31-34-38-42-46-50-54-58-62-68(73)67(66-72)71-69(74)63-59-55-51-47-43-39-35-32-29-26-24-27-30-33-37-41-45-49-53-57-61-65-76-70(75)64-60-56-52-48-44-40-36-20-18-16-14-12-10-8-6-4-2/h20,36,67-68,72-73H,3-19,21-35,37-66H2,1-2H3,(H,71,74)/b36-20-. The fourth-order valence-corrected chi connectivity index (χ4v) is 11.2. The zero-order valence-electron chi connectivity index (χ0n) is 51.8. The van der Waals surface area contributed by atoms with Crippen LogP contribution in [0.1, 0.15) is 399 Å². The van der Waals surface area contributed by atoms with Crippen LogP contribution >= 0.6 is 0 Å². The SMILES string of the molecule is CCCCCCCCC/C=C\CCCCCCCC(=O)OCCCCCCCCCCCCCCCCCCCCCCCC(=O)NC(CO)C(O)CCCCCCCCCCCCCCCCCCCCCCCC. The summed E-state index contributed by atoms with van der Waals surface area (Å²) in [4.78, 5) is 24.6. The smallest absolute Gasteiger partial charge is 0.305 e. The van der Waals surface area contributed by atoms with E-state index >= 15 is 0 Å². The van der Waals surface area contributed by atoms with Gasteiger partial charge in [-0.1, -0.05) is 347 Å². The number of hydrogen-bond donors (Lipinski definition) is 3. The monoisotopic (exact) mass is 1070 g/mol. The van der Waals surface area contributed by atoms with Crippen LogP contribution in [0.2, 0.25) is 0 Å². The van der Waals surface area contributed by atoms with Crippen molar-refractivity contribution in [3.63, 3.8) is 0 Å². The first-order valence-corrected chi connectivity index (χ1v) is 34.9. The first kappa shape index (κ1) is 74.6. The molecule has 2 unspecified atom stereocenters. The highest BCUT2D eigenvalue weighted by molar-refractivity contribution is 5.76. The van der Waals surface area contributed by atoms with E-state index in [0.717, 1.165) is 44.9 Å². The van der Waals surface area contributed by atoms with Crippen molar-refractivity contribution in [2.45, 2.75) is 411 Å². The second kappa shape index (κ2) is 66.1. The van der Waals surface area contributed by atoms with E-state index in [1.807, 2.05) is 0 Å². The van der Waals surface area contributed by atoms with E-state index in [-0.39, 0.29) is 18.5 Å². The van der Waals surface area contributed by atoms with Gasteiger partial charge in [0, 0.05) is 12.8 Å². The Morgan fingerprint density at radius 1 is 0.355 bits per heavy atom. The molecule has 0 fully saturated rings. The van der Waals surface area contributed by atoms with E-state index in [9.17, 15) is 19.8 Å². The average Bonchev–Trinajstić information content (AvgIpc) is 3.42. The Morgan fingerprint density at radius 2 is 0.618 bits per heavy atom. The van der Waals surface area contributed by atoms with E-state index in [0.29, 0.717) is 25.9 Å². The predicted molar refractivity (Wildman–Crippen MR) is 333 cm³/mol. The van der Waals surface area contributed by atoms with Gasteiger partial charge < -0.3 is 20.3 Å². The van der Waals surface area contributed by atoms with Crippen LogP contribution in [0.3, 0.4) is 0 Å². The number of nitrogens with one attached hydrogen (secondary N) is 1. The lowest BCUT2D eigenvalue weighted by atomic mass is 10.0. The Morgan fingerprint density at radius 3 is 0.934 bits per heavy atom. The van der Waals surface area contributed by atoms with Crippen LogP contribution in [0, 0.1) is 0 Å². The molecule has 0 aromatic heterocycles. The number of allylic oxidation sites excluding steroid dienone is 2. The van der Waals surface area contributed by atoms with Gasteiger partial charge in [-0.2, -0.15) is 0 Å². The van der Waals surface area contributed by atoms with Gasteiger partial charge in [0.15, 0.2) is 0 Å². The van der Waals surface area contributed by atoms with Crippen LogP contribution in [0.15, 0.2) is 12.2 Å². The van der Waals surface area contributed by atoms with Gasteiger partial charge in [0.25, 0.3) is 0 Å². The van der Waals surface area contributed by atoms with Gasteiger partial charge in [0.05, 0.1) is 25.4 Å². The molecule has 6 heteroatoms. The summed E-state index contributed by atoms with van der Waals surface area (Å²) in [5, 5.41) is 23.4. The van der Waals surface area contributed by atoms with Crippen LogP contribution < -0.4 is 5.32 Å². The lowest BCUT2D eigenvalue weighted by Gasteiger charge is -2.22. The maximum Gasteiger partial charge on any atom is 0.305 e. The van der Waals surface area contributed by atoms with E-state index in [1.165, 1.54) is 321 Å².